The van der Waals surface area contributed by atoms with Gasteiger partial charge in [-0.2, -0.15) is 5.10 Å². The Morgan fingerprint density at radius 3 is 2.94 bits per heavy atom. The highest BCUT2D eigenvalue weighted by Gasteiger charge is 2.22. The Labute approximate surface area is 103 Å². The van der Waals surface area contributed by atoms with Gasteiger partial charge in [0, 0.05) is 26.2 Å². The average molecular weight is 238 g/mol. The van der Waals surface area contributed by atoms with Gasteiger partial charge in [-0.1, -0.05) is 0 Å². The van der Waals surface area contributed by atoms with Crippen LogP contribution in [-0.2, 0) is 13.6 Å². The Morgan fingerprint density at radius 2 is 2.35 bits per heavy atom. The lowest BCUT2D eigenvalue weighted by atomic mass is 10.2. The summed E-state index contributed by atoms with van der Waals surface area (Å²) in [4.78, 5) is 2.38. The van der Waals surface area contributed by atoms with Crippen molar-refractivity contribution in [3.8, 4) is 5.88 Å². The minimum absolute atomic E-state index is 0.624. The Hall–Kier alpha value is -1.07. The van der Waals surface area contributed by atoms with Gasteiger partial charge in [-0.05, 0) is 26.9 Å². The molecule has 1 saturated heterocycles. The zero-order valence-corrected chi connectivity index (χ0v) is 11.2. The minimum Gasteiger partial charge on any atom is -0.481 e. The number of rotatable bonds is 4. The topological polar surface area (TPSA) is 42.3 Å². The Kier molecular flexibility index (Phi) is 3.69. The molecule has 1 fully saturated rings. The number of aromatic nitrogens is 2. The van der Waals surface area contributed by atoms with Gasteiger partial charge in [-0.25, -0.2) is 4.68 Å². The number of ether oxygens (including phenoxy) is 1. The second-order valence-corrected chi connectivity index (χ2v) is 4.76. The van der Waals surface area contributed by atoms with Gasteiger partial charge < -0.3 is 10.1 Å². The van der Waals surface area contributed by atoms with Gasteiger partial charge in [-0.15, -0.1) is 0 Å². The highest BCUT2D eigenvalue weighted by atomic mass is 16.5. The summed E-state index contributed by atoms with van der Waals surface area (Å²) in [7, 11) is 5.80. The van der Waals surface area contributed by atoms with E-state index >= 15 is 0 Å². The van der Waals surface area contributed by atoms with Crippen LogP contribution in [0.1, 0.15) is 17.7 Å². The smallest absolute Gasteiger partial charge is 0.216 e. The van der Waals surface area contributed by atoms with Crippen LogP contribution in [0.4, 0.5) is 0 Å². The molecule has 0 aliphatic carbocycles. The highest BCUT2D eigenvalue weighted by molar-refractivity contribution is 5.30. The Balaban J connectivity index is 2.11. The van der Waals surface area contributed by atoms with Crippen LogP contribution in [0.3, 0.4) is 0 Å². The van der Waals surface area contributed by atoms with Gasteiger partial charge in [0.05, 0.1) is 18.4 Å². The summed E-state index contributed by atoms with van der Waals surface area (Å²) < 4.78 is 7.23. The molecular weight excluding hydrogens is 216 g/mol. The molecule has 0 radical (unpaired) electrons. The lowest BCUT2D eigenvalue weighted by Gasteiger charge is -2.23. The van der Waals surface area contributed by atoms with Crippen LogP contribution in [0.15, 0.2) is 0 Å². The van der Waals surface area contributed by atoms with E-state index in [-0.39, 0.29) is 0 Å². The molecule has 1 atom stereocenters. The van der Waals surface area contributed by atoms with Crippen LogP contribution in [-0.4, -0.2) is 48.0 Å². The summed E-state index contributed by atoms with van der Waals surface area (Å²) in [6, 6.07) is 0.624. The Morgan fingerprint density at radius 1 is 1.59 bits per heavy atom. The molecule has 0 bridgehead atoms. The normalized spacial score (nSPS) is 20.2. The maximum atomic E-state index is 5.42. The van der Waals surface area contributed by atoms with Gasteiger partial charge in [0.2, 0.25) is 5.88 Å². The molecule has 0 aromatic carbocycles. The average Bonchev–Trinajstić information content (AvgIpc) is 2.88. The van der Waals surface area contributed by atoms with E-state index in [0.29, 0.717) is 6.04 Å². The van der Waals surface area contributed by atoms with E-state index in [4.69, 9.17) is 4.74 Å². The molecule has 5 heteroatoms. The molecule has 0 spiro atoms. The molecule has 96 valence electrons. The second kappa shape index (κ2) is 5.06. The van der Waals surface area contributed by atoms with Crippen LogP contribution in [0.2, 0.25) is 0 Å². The molecule has 1 aromatic heterocycles. The largest absolute Gasteiger partial charge is 0.481 e. The standard InChI is InChI=1S/C12H22N4O/c1-9-11(12(17-4)16(3)14-9)8-15(2)10-5-6-13-7-10/h10,13H,5-8H2,1-4H3. The molecule has 17 heavy (non-hydrogen) atoms. The van der Waals surface area contributed by atoms with Gasteiger partial charge in [0.15, 0.2) is 0 Å². The van der Waals surface area contributed by atoms with Crippen molar-refractivity contribution in [2.75, 3.05) is 27.2 Å². The zero-order chi connectivity index (χ0) is 12.4. The summed E-state index contributed by atoms with van der Waals surface area (Å²) in [6.07, 6.45) is 1.22. The van der Waals surface area contributed by atoms with E-state index < -0.39 is 0 Å². The number of nitrogens with one attached hydrogen (secondary N) is 1. The number of likely N-dealkylation sites (N-methyl/N-ethyl adjacent to an activating group) is 1. The van der Waals surface area contributed by atoms with Crippen molar-refractivity contribution < 1.29 is 4.74 Å². The van der Waals surface area contributed by atoms with Crippen molar-refractivity contribution in [3.05, 3.63) is 11.3 Å². The first kappa shape index (κ1) is 12.4. The number of methoxy groups -OCH3 is 1. The van der Waals surface area contributed by atoms with E-state index in [0.717, 1.165) is 31.2 Å². The monoisotopic (exact) mass is 238 g/mol. The van der Waals surface area contributed by atoms with Crippen LogP contribution in [0.5, 0.6) is 5.88 Å². The predicted molar refractivity (Wildman–Crippen MR) is 67.2 cm³/mol. The fourth-order valence-corrected chi connectivity index (χ4v) is 2.51. The zero-order valence-electron chi connectivity index (χ0n) is 11.2. The van der Waals surface area contributed by atoms with Crippen molar-refractivity contribution in [2.45, 2.75) is 25.9 Å². The number of aryl methyl sites for hydroxylation is 2. The number of nitrogens with zero attached hydrogens (tertiary/aromatic N) is 3. The fraction of sp³-hybridized carbons (Fsp3) is 0.750. The molecule has 1 aromatic rings. The molecule has 0 saturated carbocycles. The summed E-state index contributed by atoms with van der Waals surface area (Å²) in [5, 5.41) is 7.80. The van der Waals surface area contributed by atoms with Crippen molar-refractivity contribution in [3.63, 3.8) is 0 Å². The van der Waals surface area contributed by atoms with Crippen molar-refractivity contribution in [2.24, 2.45) is 7.05 Å². The number of hydrogen-bond acceptors (Lipinski definition) is 4. The van der Waals surface area contributed by atoms with Crippen LogP contribution >= 0.6 is 0 Å². The first-order valence-electron chi connectivity index (χ1n) is 6.11. The van der Waals surface area contributed by atoms with Gasteiger partial charge in [0.25, 0.3) is 0 Å². The summed E-state index contributed by atoms with van der Waals surface area (Å²) >= 11 is 0. The minimum atomic E-state index is 0.624. The second-order valence-electron chi connectivity index (χ2n) is 4.76. The van der Waals surface area contributed by atoms with Gasteiger partial charge in [0.1, 0.15) is 0 Å². The SMILES string of the molecule is COc1c(CN(C)C2CCNC2)c(C)nn1C. The van der Waals surface area contributed by atoms with E-state index in [1.165, 1.54) is 12.0 Å². The lowest BCUT2D eigenvalue weighted by molar-refractivity contribution is 0.243. The van der Waals surface area contributed by atoms with Crippen LogP contribution in [0, 0.1) is 6.92 Å². The first-order valence-corrected chi connectivity index (χ1v) is 6.11. The third kappa shape index (κ3) is 2.45. The van der Waals surface area contributed by atoms with Crippen molar-refractivity contribution >= 4 is 0 Å². The fourth-order valence-electron chi connectivity index (χ4n) is 2.51. The summed E-state index contributed by atoms with van der Waals surface area (Å²) in [6.45, 7) is 5.14. The summed E-state index contributed by atoms with van der Waals surface area (Å²) in [5.41, 5.74) is 2.26. The maximum Gasteiger partial charge on any atom is 0.216 e. The quantitative estimate of drug-likeness (QED) is 0.831. The Bertz CT molecular complexity index is 382. The van der Waals surface area contributed by atoms with E-state index in [2.05, 4.69) is 22.4 Å². The molecule has 1 aliphatic heterocycles. The van der Waals surface area contributed by atoms with E-state index in [1.54, 1.807) is 7.11 Å². The van der Waals surface area contributed by atoms with Crippen molar-refractivity contribution in [1.29, 1.82) is 0 Å². The molecule has 2 heterocycles. The van der Waals surface area contributed by atoms with Crippen LogP contribution in [0.25, 0.3) is 0 Å². The lowest BCUT2D eigenvalue weighted by Crippen LogP contribution is -2.33. The third-order valence-electron chi connectivity index (χ3n) is 3.55. The molecule has 1 unspecified atom stereocenters. The molecule has 1 aliphatic rings. The highest BCUT2D eigenvalue weighted by Crippen LogP contribution is 2.23. The first-order chi connectivity index (χ1) is 8.13. The van der Waals surface area contributed by atoms with Crippen molar-refractivity contribution in [1.82, 2.24) is 20.0 Å². The molecule has 2 rings (SSSR count). The van der Waals surface area contributed by atoms with Gasteiger partial charge >= 0.3 is 0 Å². The van der Waals surface area contributed by atoms with Crippen LogP contribution < -0.4 is 10.1 Å². The van der Waals surface area contributed by atoms with E-state index in [9.17, 15) is 0 Å². The third-order valence-corrected chi connectivity index (χ3v) is 3.55. The molecular formula is C12H22N4O. The maximum absolute atomic E-state index is 5.42. The van der Waals surface area contributed by atoms with Gasteiger partial charge in [-0.3, -0.25) is 4.90 Å². The summed E-state index contributed by atoms with van der Waals surface area (Å²) in [5.74, 6) is 0.875. The van der Waals surface area contributed by atoms with E-state index in [1.807, 2.05) is 18.7 Å². The number of hydrogen-bond donors (Lipinski definition) is 1. The molecule has 0 amide bonds. The molecule has 1 N–H and O–H groups in total. The molecule has 5 nitrogen and oxygen atoms in total. The predicted octanol–water partition coefficient (Wildman–Crippen LogP) is 0.531.